The number of carbonyl (C=O) groups is 1. The number of hydrogen-bond acceptors (Lipinski definition) is 3. The lowest BCUT2D eigenvalue weighted by molar-refractivity contribution is -0.121. The minimum Gasteiger partial charge on any atom is -0.497 e. The van der Waals surface area contributed by atoms with Gasteiger partial charge in [-0.1, -0.05) is 36.4 Å². The summed E-state index contributed by atoms with van der Waals surface area (Å²) < 4.78 is 18.8. The molecule has 0 fully saturated rings. The molecule has 1 heterocycles. The van der Waals surface area contributed by atoms with E-state index in [1.165, 1.54) is 17.7 Å². The Balaban J connectivity index is 1.57. The zero-order chi connectivity index (χ0) is 23.5. The summed E-state index contributed by atoms with van der Waals surface area (Å²) in [6.45, 7) is 2.04. The van der Waals surface area contributed by atoms with Crippen molar-refractivity contribution in [2.45, 2.75) is 45.1 Å². The first kappa shape index (κ1) is 24.2. The van der Waals surface area contributed by atoms with Gasteiger partial charge < -0.3 is 10.1 Å². The smallest absolute Gasteiger partial charge is 0.220 e. The summed E-state index contributed by atoms with van der Waals surface area (Å²) in [6, 6.07) is 18.3. The topological polar surface area (TPSA) is 51.2 Å². The van der Waals surface area contributed by atoms with Crippen LogP contribution in [-0.4, -0.2) is 24.0 Å². The molecule has 1 atom stereocenters. The Hall–Kier alpha value is -3.47. The summed E-state index contributed by atoms with van der Waals surface area (Å²) in [5, 5.41) is 3.09. The van der Waals surface area contributed by atoms with Gasteiger partial charge >= 0.3 is 0 Å². The maximum absolute atomic E-state index is 13.4. The number of ether oxygens (including phenoxy) is 1. The van der Waals surface area contributed by atoms with Crippen LogP contribution >= 0.6 is 0 Å². The summed E-state index contributed by atoms with van der Waals surface area (Å²) >= 11 is 0. The number of nitrogens with one attached hydrogen (secondary N) is 1. The lowest BCUT2D eigenvalue weighted by Crippen LogP contribution is -2.32. The van der Waals surface area contributed by atoms with Crippen molar-refractivity contribution in [2.24, 2.45) is 0 Å². The molecule has 33 heavy (non-hydrogen) atoms. The third-order valence-electron chi connectivity index (χ3n) is 5.49. The first-order valence-corrected chi connectivity index (χ1v) is 11.3. The Morgan fingerprint density at radius 3 is 2.67 bits per heavy atom. The molecule has 0 aliphatic carbocycles. The molecule has 0 saturated heterocycles. The predicted molar refractivity (Wildman–Crippen MR) is 130 cm³/mol. The quantitative estimate of drug-likeness (QED) is 0.395. The summed E-state index contributed by atoms with van der Waals surface area (Å²) in [5.41, 5.74) is 4.03. The summed E-state index contributed by atoms with van der Waals surface area (Å²) in [6.07, 6.45) is 9.54. The number of halogens is 1. The molecule has 0 bridgehead atoms. The molecule has 0 spiro atoms. The van der Waals surface area contributed by atoms with Crippen LogP contribution in [-0.2, 0) is 11.2 Å². The van der Waals surface area contributed by atoms with E-state index in [0.717, 1.165) is 41.7 Å². The maximum Gasteiger partial charge on any atom is 0.220 e. The van der Waals surface area contributed by atoms with Crippen molar-refractivity contribution >= 4 is 11.5 Å². The van der Waals surface area contributed by atoms with Gasteiger partial charge in [0, 0.05) is 24.9 Å². The number of allylic oxidation sites excluding steroid dienone is 1. The van der Waals surface area contributed by atoms with Gasteiger partial charge in [0.05, 0.1) is 7.11 Å². The lowest BCUT2D eigenvalue weighted by atomic mass is 9.96. The highest BCUT2D eigenvalue weighted by molar-refractivity contribution is 5.81. The Bertz CT molecular complexity index is 1050. The molecule has 0 aliphatic heterocycles. The van der Waals surface area contributed by atoms with Crippen LogP contribution in [0.5, 0.6) is 5.75 Å². The van der Waals surface area contributed by atoms with E-state index >= 15 is 0 Å². The molecule has 5 heteroatoms. The fourth-order valence-corrected chi connectivity index (χ4v) is 3.75. The molecule has 2 aromatic carbocycles. The van der Waals surface area contributed by atoms with Gasteiger partial charge in [0.1, 0.15) is 11.6 Å². The molecule has 1 aromatic heterocycles. The van der Waals surface area contributed by atoms with Crippen molar-refractivity contribution in [3.63, 3.8) is 0 Å². The lowest BCUT2D eigenvalue weighted by Gasteiger charge is -2.14. The standard InChI is InChI=1S/C28H31FN2O2/c1-21(7-3-8-22-9-6-18-30-20-22)31-28(32)13-5-12-27(23-14-16-25(29)17-15-23)24-10-4-11-26(19-24)33-2/h4,6,9-12,14-21H,3,5,7-8,13H2,1-2H3,(H,31,32)/b27-12+/t21-/m1/s1. The molecule has 0 unspecified atom stereocenters. The summed E-state index contributed by atoms with van der Waals surface area (Å²) in [7, 11) is 1.63. The van der Waals surface area contributed by atoms with Crippen LogP contribution < -0.4 is 10.1 Å². The number of amides is 1. The molecule has 3 aromatic rings. The zero-order valence-electron chi connectivity index (χ0n) is 19.3. The van der Waals surface area contributed by atoms with Gasteiger partial charge in [-0.25, -0.2) is 4.39 Å². The number of benzene rings is 2. The summed E-state index contributed by atoms with van der Waals surface area (Å²) in [4.78, 5) is 16.6. The summed E-state index contributed by atoms with van der Waals surface area (Å²) in [5.74, 6) is 0.503. The van der Waals surface area contributed by atoms with E-state index in [2.05, 4.69) is 16.4 Å². The maximum atomic E-state index is 13.4. The molecule has 4 nitrogen and oxygen atoms in total. The second-order valence-electron chi connectivity index (χ2n) is 8.12. The van der Waals surface area contributed by atoms with Gasteiger partial charge in [-0.05, 0) is 85.2 Å². The Kier molecular flexibility index (Phi) is 9.19. The second kappa shape index (κ2) is 12.5. The van der Waals surface area contributed by atoms with Crippen molar-refractivity contribution in [3.05, 3.63) is 102 Å². The van der Waals surface area contributed by atoms with Crippen LogP contribution in [0.4, 0.5) is 4.39 Å². The Morgan fingerprint density at radius 2 is 1.94 bits per heavy atom. The SMILES string of the molecule is COc1cccc(/C(=C/CCC(=O)N[C@H](C)CCCc2cccnc2)c2ccc(F)cc2)c1. The average molecular weight is 447 g/mol. The van der Waals surface area contributed by atoms with Crippen LogP contribution in [0.3, 0.4) is 0 Å². The van der Waals surface area contributed by atoms with Gasteiger partial charge in [0.25, 0.3) is 0 Å². The van der Waals surface area contributed by atoms with Crippen LogP contribution in [0.15, 0.2) is 79.1 Å². The monoisotopic (exact) mass is 446 g/mol. The van der Waals surface area contributed by atoms with Crippen molar-refractivity contribution in [2.75, 3.05) is 7.11 Å². The minimum atomic E-state index is -0.277. The number of rotatable bonds is 11. The van der Waals surface area contributed by atoms with E-state index in [-0.39, 0.29) is 17.8 Å². The van der Waals surface area contributed by atoms with E-state index in [9.17, 15) is 9.18 Å². The zero-order valence-corrected chi connectivity index (χ0v) is 19.3. The third-order valence-corrected chi connectivity index (χ3v) is 5.49. The Labute approximate surface area is 195 Å². The first-order chi connectivity index (χ1) is 16.0. The van der Waals surface area contributed by atoms with E-state index in [0.29, 0.717) is 12.8 Å². The molecule has 1 amide bonds. The molecule has 0 saturated carbocycles. The molecular formula is C28H31FN2O2. The fraction of sp³-hybridized carbons (Fsp3) is 0.286. The molecule has 172 valence electrons. The third kappa shape index (κ3) is 7.86. The molecule has 1 N–H and O–H groups in total. The number of aromatic nitrogens is 1. The van der Waals surface area contributed by atoms with Crippen LogP contribution in [0.25, 0.3) is 5.57 Å². The minimum absolute atomic E-state index is 0.0317. The van der Waals surface area contributed by atoms with Gasteiger partial charge in [0.15, 0.2) is 0 Å². The van der Waals surface area contributed by atoms with Crippen LogP contribution in [0, 0.1) is 5.82 Å². The fourth-order valence-electron chi connectivity index (χ4n) is 3.75. The number of nitrogens with zero attached hydrogens (tertiary/aromatic N) is 1. The highest BCUT2D eigenvalue weighted by Crippen LogP contribution is 2.27. The first-order valence-electron chi connectivity index (χ1n) is 11.3. The number of carbonyl (C=O) groups excluding carboxylic acids is 1. The number of aryl methyl sites for hydroxylation is 1. The largest absolute Gasteiger partial charge is 0.497 e. The molecule has 0 aliphatic rings. The van der Waals surface area contributed by atoms with E-state index in [1.807, 2.05) is 49.5 Å². The number of hydrogen-bond donors (Lipinski definition) is 1. The average Bonchev–Trinajstić information content (AvgIpc) is 2.83. The molecule has 3 rings (SSSR count). The van der Waals surface area contributed by atoms with Crippen molar-refractivity contribution in [3.8, 4) is 5.75 Å². The van der Waals surface area contributed by atoms with Crippen molar-refractivity contribution < 1.29 is 13.9 Å². The second-order valence-corrected chi connectivity index (χ2v) is 8.12. The van der Waals surface area contributed by atoms with E-state index in [4.69, 9.17) is 4.74 Å². The predicted octanol–water partition coefficient (Wildman–Crippen LogP) is 5.97. The highest BCUT2D eigenvalue weighted by Gasteiger charge is 2.10. The molecular weight excluding hydrogens is 415 g/mol. The van der Waals surface area contributed by atoms with E-state index in [1.54, 1.807) is 25.4 Å². The van der Waals surface area contributed by atoms with Crippen molar-refractivity contribution in [1.29, 1.82) is 0 Å². The Morgan fingerprint density at radius 1 is 1.12 bits per heavy atom. The van der Waals surface area contributed by atoms with E-state index < -0.39 is 0 Å². The van der Waals surface area contributed by atoms with Crippen molar-refractivity contribution in [1.82, 2.24) is 10.3 Å². The van der Waals surface area contributed by atoms with Crippen LogP contribution in [0.2, 0.25) is 0 Å². The van der Waals surface area contributed by atoms with Gasteiger partial charge in [-0.15, -0.1) is 0 Å². The number of pyridine rings is 1. The normalized spacial score (nSPS) is 12.3. The van der Waals surface area contributed by atoms with Gasteiger partial charge in [-0.3, -0.25) is 9.78 Å². The van der Waals surface area contributed by atoms with Gasteiger partial charge in [0.2, 0.25) is 5.91 Å². The number of methoxy groups -OCH3 is 1. The van der Waals surface area contributed by atoms with Gasteiger partial charge in [-0.2, -0.15) is 0 Å². The van der Waals surface area contributed by atoms with Crippen LogP contribution in [0.1, 0.15) is 49.3 Å². The highest BCUT2D eigenvalue weighted by atomic mass is 19.1. The molecule has 0 radical (unpaired) electrons.